The van der Waals surface area contributed by atoms with Crippen molar-refractivity contribution in [2.45, 2.75) is 13.3 Å². The van der Waals surface area contributed by atoms with Crippen LogP contribution < -0.4 is 5.32 Å². The van der Waals surface area contributed by atoms with Crippen LogP contribution in [-0.4, -0.2) is 40.2 Å². The zero-order chi connectivity index (χ0) is 13.4. The average Bonchev–Trinajstić information content (AvgIpc) is 2.32. The Morgan fingerprint density at radius 1 is 1.17 bits per heavy atom. The summed E-state index contributed by atoms with van der Waals surface area (Å²) in [6.07, 6.45) is 0.559. The van der Waals surface area contributed by atoms with Gasteiger partial charge in [-0.1, -0.05) is 17.7 Å². The van der Waals surface area contributed by atoms with Gasteiger partial charge < -0.3 is 10.1 Å². The third-order valence-corrected chi connectivity index (χ3v) is 4.33. The monoisotopic (exact) mass is 271 g/mol. The summed E-state index contributed by atoms with van der Waals surface area (Å²) in [6, 6.07) is 7.89. The normalized spacial score (nSPS) is 11.4. The highest BCUT2D eigenvalue weighted by atomic mass is 32.2. The number of ether oxygens (including phenoxy) is 1. The smallest absolute Gasteiger partial charge is 0.152 e. The minimum Gasteiger partial charge on any atom is -0.385 e. The van der Waals surface area contributed by atoms with Crippen LogP contribution in [0.1, 0.15) is 12.0 Å². The molecule has 1 aromatic carbocycles. The summed E-state index contributed by atoms with van der Waals surface area (Å²) in [4.78, 5) is 0. The number of rotatable bonds is 8. The van der Waals surface area contributed by atoms with Crippen molar-refractivity contribution in [3.63, 3.8) is 0 Å². The van der Waals surface area contributed by atoms with Gasteiger partial charge in [-0.2, -0.15) is 0 Å². The largest absolute Gasteiger partial charge is 0.385 e. The molecule has 0 heterocycles. The van der Waals surface area contributed by atoms with Crippen LogP contribution in [-0.2, 0) is 14.6 Å². The van der Waals surface area contributed by atoms with Crippen molar-refractivity contribution in [1.82, 2.24) is 0 Å². The van der Waals surface area contributed by atoms with Gasteiger partial charge in [-0.05, 0) is 25.5 Å². The second kappa shape index (κ2) is 7.38. The van der Waals surface area contributed by atoms with E-state index < -0.39 is 9.84 Å². The van der Waals surface area contributed by atoms with Crippen molar-refractivity contribution >= 4 is 15.5 Å². The van der Waals surface area contributed by atoms with Gasteiger partial charge >= 0.3 is 0 Å². The maximum atomic E-state index is 11.7. The van der Waals surface area contributed by atoms with E-state index in [0.717, 1.165) is 5.69 Å². The first-order valence-corrected chi connectivity index (χ1v) is 7.85. The molecule has 0 saturated carbocycles. The zero-order valence-corrected chi connectivity index (χ0v) is 11.8. The van der Waals surface area contributed by atoms with Crippen LogP contribution in [0.2, 0.25) is 0 Å². The molecular weight excluding hydrogens is 250 g/mol. The fourth-order valence-corrected chi connectivity index (χ4v) is 2.72. The number of hydrogen-bond donors (Lipinski definition) is 1. The first-order chi connectivity index (χ1) is 8.53. The molecule has 0 spiro atoms. The van der Waals surface area contributed by atoms with E-state index in [1.807, 2.05) is 31.2 Å². The van der Waals surface area contributed by atoms with Crippen molar-refractivity contribution < 1.29 is 13.2 Å². The van der Waals surface area contributed by atoms with Gasteiger partial charge in [-0.25, -0.2) is 8.42 Å². The fraction of sp³-hybridized carbons (Fsp3) is 0.538. The maximum Gasteiger partial charge on any atom is 0.152 e. The van der Waals surface area contributed by atoms with E-state index in [-0.39, 0.29) is 11.5 Å². The first-order valence-electron chi connectivity index (χ1n) is 6.03. The lowest BCUT2D eigenvalue weighted by Crippen LogP contribution is -2.19. The van der Waals surface area contributed by atoms with Crippen LogP contribution in [0.3, 0.4) is 0 Å². The summed E-state index contributed by atoms with van der Waals surface area (Å²) >= 11 is 0. The van der Waals surface area contributed by atoms with Crippen molar-refractivity contribution in [2.75, 3.05) is 37.1 Å². The Labute approximate surface area is 109 Å². The molecule has 0 aromatic heterocycles. The SMILES string of the molecule is COCCCS(=O)(=O)CCNc1ccc(C)cc1. The Hall–Kier alpha value is -1.07. The summed E-state index contributed by atoms with van der Waals surface area (Å²) in [5.41, 5.74) is 2.14. The molecule has 102 valence electrons. The Morgan fingerprint density at radius 2 is 1.83 bits per heavy atom. The molecule has 0 unspecified atom stereocenters. The zero-order valence-electron chi connectivity index (χ0n) is 11.0. The summed E-state index contributed by atoms with van der Waals surface area (Å²) in [6.45, 7) is 2.95. The van der Waals surface area contributed by atoms with Gasteiger partial charge in [0.2, 0.25) is 0 Å². The van der Waals surface area contributed by atoms with Crippen molar-refractivity contribution in [3.05, 3.63) is 29.8 Å². The molecule has 5 heteroatoms. The summed E-state index contributed by atoms with van der Waals surface area (Å²) in [5.74, 6) is 0.348. The van der Waals surface area contributed by atoms with E-state index in [0.29, 0.717) is 19.6 Å². The minimum absolute atomic E-state index is 0.157. The second-order valence-electron chi connectivity index (χ2n) is 4.29. The van der Waals surface area contributed by atoms with Crippen molar-refractivity contribution in [3.8, 4) is 0 Å². The van der Waals surface area contributed by atoms with E-state index in [2.05, 4.69) is 5.32 Å². The second-order valence-corrected chi connectivity index (χ2v) is 6.59. The molecule has 0 atom stereocenters. The van der Waals surface area contributed by atoms with Gasteiger partial charge in [0.1, 0.15) is 0 Å². The Bertz CT molecular complexity index is 440. The van der Waals surface area contributed by atoms with Crippen molar-refractivity contribution in [1.29, 1.82) is 0 Å². The lowest BCUT2D eigenvalue weighted by molar-refractivity contribution is 0.199. The number of aryl methyl sites for hydroxylation is 1. The maximum absolute atomic E-state index is 11.7. The molecule has 4 nitrogen and oxygen atoms in total. The van der Waals surface area contributed by atoms with Gasteiger partial charge in [-0.15, -0.1) is 0 Å². The van der Waals surface area contributed by atoms with Crippen LogP contribution in [0, 0.1) is 6.92 Å². The number of hydrogen-bond acceptors (Lipinski definition) is 4. The van der Waals surface area contributed by atoms with E-state index >= 15 is 0 Å². The molecule has 1 rings (SSSR count). The third kappa shape index (κ3) is 6.02. The van der Waals surface area contributed by atoms with Crippen molar-refractivity contribution in [2.24, 2.45) is 0 Å². The fourth-order valence-electron chi connectivity index (χ4n) is 1.55. The number of nitrogens with one attached hydrogen (secondary N) is 1. The molecule has 0 radical (unpaired) electrons. The Balaban J connectivity index is 2.30. The third-order valence-electron chi connectivity index (χ3n) is 2.60. The molecule has 0 aliphatic heterocycles. The van der Waals surface area contributed by atoms with Crippen LogP contribution in [0.15, 0.2) is 24.3 Å². The number of benzene rings is 1. The van der Waals surface area contributed by atoms with Gasteiger partial charge in [0, 0.05) is 25.9 Å². The highest BCUT2D eigenvalue weighted by molar-refractivity contribution is 7.91. The number of methoxy groups -OCH3 is 1. The molecular formula is C13H21NO3S. The summed E-state index contributed by atoms with van der Waals surface area (Å²) < 4.78 is 28.2. The van der Waals surface area contributed by atoms with Gasteiger partial charge in [0.15, 0.2) is 9.84 Å². The highest BCUT2D eigenvalue weighted by Crippen LogP contribution is 2.08. The van der Waals surface area contributed by atoms with E-state index in [4.69, 9.17) is 4.74 Å². The average molecular weight is 271 g/mol. The minimum atomic E-state index is -2.97. The molecule has 0 fully saturated rings. The Morgan fingerprint density at radius 3 is 2.44 bits per heavy atom. The predicted molar refractivity (Wildman–Crippen MR) is 74.8 cm³/mol. The number of anilines is 1. The summed E-state index contributed by atoms with van der Waals surface area (Å²) in [7, 11) is -1.40. The Kier molecular flexibility index (Phi) is 6.15. The van der Waals surface area contributed by atoms with Crippen LogP contribution in [0.25, 0.3) is 0 Å². The lowest BCUT2D eigenvalue weighted by Gasteiger charge is -2.07. The van der Waals surface area contributed by atoms with E-state index in [9.17, 15) is 8.42 Å². The van der Waals surface area contributed by atoms with E-state index in [1.165, 1.54) is 5.56 Å². The van der Waals surface area contributed by atoms with Crippen LogP contribution in [0.4, 0.5) is 5.69 Å². The summed E-state index contributed by atoms with van der Waals surface area (Å²) in [5, 5.41) is 3.11. The first kappa shape index (κ1) is 15.0. The molecule has 1 N–H and O–H groups in total. The van der Waals surface area contributed by atoms with Gasteiger partial charge in [0.25, 0.3) is 0 Å². The number of sulfone groups is 1. The van der Waals surface area contributed by atoms with Gasteiger partial charge in [-0.3, -0.25) is 0 Å². The molecule has 0 aliphatic rings. The quantitative estimate of drug-likeness (QED) is 0.733. The van der Waals surface area contributed by atoms with E-state index in [1.54, 1.807) is 7.11 Å². The lowest BCUT2D eigenvalue weighted by atomic mass is 10.2. The molecule has 1 aromatic rings. The van der Waals surface area contributed by atoms with Crippen LogP contribution >= 0.6 is 0 Å². The molecule has 0 amide bonds. The van der Waals surface area contributed by atoms with Crippen LogP contribution in [0.5, 0.6) is 0 Å². The molecule has 18 heavy (non-hydrogen) atoms. The topological polar surface area (TPSA) is 55.4 Å². The molecule has 0 bridgehead atoms. The molecule has 0 saturated heterocycles. The molecule has 0 aliphatic carbocycles. The highest BCUT2D eigenvalue weighted by Gasteiger charge is 2.09. The standard InChI is InChI=1S/C13H21NO3S/c1-12-4-6-13(7-5-12)14-8-11-18(15,16)10-3-9-17-2/h4-7,14H,3,8-11H2,1-2H3. The van der Waals surface area contributed by atoms with Gasteiger partial charge in [0.05, 0.1) is 11.5 Å². The predicted octanol–water partition coefficient (Wildman–Crippen LogP) is 1.86.